The Kier molecular flexibility index (Phi) is 6.18. The Hall–Kier alpha value is -4.02. The van der Waals surface area contributed by atoms with Crippen molar-refractivity contribution in [1.82, 2.24) is 9.78 Å². The lowest BCUT2D eigenvalue weighted by Crippen LogP contribution is -2.28. The molecule has 0 bridgehead atoms. The van der Waals surface area contributed by atoms with Gasteiger partial charge in [-0.2, -0.15) is 18.3 Å². The molecule has 3 aromatic rings. The fraction of sp³-hybridized carbons (Fsp3) is 0.261. The summed E-state index contributed by atoms with van der Waals surface area (Å²) >= 11 is 0. The van der Waals surface area contributed by atoms with Gasteiger partial charge in [0.05, 0.1) is 42.8 Å². The van der Waals surface area contributed by atoms with Crippen LogP contribution in [0.2, 0.25) is 0 Å². The van der Waals surface area contributed by atoms with Crippen LogP contribution in [-0.2, 0) is 15.8 Å². The number of aromatic nitrogens is 2. The number of hydrogen-bond donors (Lipinski definition) is 1. The summed E-state index contributed by atoms with van der Waals surface area (Å²) < 4.78 is 51.8. The molecule has 1 aliphatic heterocycles. The van der Waals surface area contributed by atoms with Crippen LogP contribution in [0.15, 0.2) is 54.9 Å². The van der Waals surface area contributed by atoms with Crippen LogP contribution in [0, 0.1) is 5.92 Å². The highest BCUT2D eigenvalue weighted by Crippen LogP contribution is 2.37. The van der Waals surface area contributed by atoms with Gasteiger partial charge in [0, 0.05) is 31.4 Å². The number of anilines is 2. The van der Waals surface area contributed by atoms with Gasteiger partial charge in [0.2, 0.25) is 11.8 Å². The normalized spacial score (nSPS) is 16.0. The van der Waals surface area contributed by atoms with Crippen molar-refractivity contribution in [1.29, 1.82) is 0 Å². The molecule has 11 heteroatoms. The Bertz CT molecular complexity index is 1210. The largest absolute Gasteiger partial charge is 0.497 e. The van der Waals surface area contributed by atoms with Gasteiger partial charge in [0.1, 0.15) is 11.5 Å². The van der Waals surface area contributed by atoms with Gasteiger partial charge < -0.3 is 19.7 Å². The molecule has 2 heterocycles. The number of methoxy groups -OCH3 is 2. The Morgan fingerprint density at radius 1 is 1.12 bits per heavy atom. The summed E-state index contributed by atoms with van der Waals surface area (Å²) in [4.78, 5) is 27.2. The SMILES string of the molecule is COc1ccc(OC)c(N2CC(C(=O)Nc3cc(C(F)(F)F)ccc3-n3cccn3)CC2=O)c1. The van der Waals surface area contributed by atoms with Gasteiger partial charge in [-0.3, -0.25) is 9.59 Å². The summed E-state index contributed by atoms with van der Waals surface area (Å²) in [7, 11) is 2.94. The minimum absolute atomic E-state index is 0.0320. The molecular weight excluding hydrogens is 453 g/mol. The summed E-state index contributed by atoms with van der Waals surface area (Å²) in [6, 6.07) is 9.57. The van der Waals surface area contributed by atoms with Crippen LogP contribution in [0.1, 0.15) is 12.0 Å². The number of amides is 2. The maximum Gasteiger partial charge on any atom is 0.416 e. The molecule has 2 amide bonds. The van der Waals surface area contributed by atoms with Crippen molar-refractivity contribution in [3.8, 4) is 17.2 Å². The monoisotopic (exact) mass is 474 g/mol. The minimum atomic E-state index is -4.59. The van der Waals surface area contributed by atoms with Crippen molar-refractivity contribution in [2.75, 3.05) is 31.0 Å². The number of nitrogens with one attached hydrogen (secondary N) is 1. The fourth-order valence-electron chi connectivity index (χ4n) is 3.78. The van der Waals surface area contributed by atoms with E-state index < -0.39 is 23.6 Å². The molecule has 1 unspecified atom stereocenters. The molecule has 34 heavy (non-hydrogen) atoms. The van der Waals surface area contributed by atoms with Crippen LogP contribution in [0.3, 0.4) is 0 Å². The second kappa shape index (κ2) is 9.08. The summed E-state index contributed by atoms with van der Waals surface area (Å²) in [5.41, 5.74) is -0.266. The lowest BCUT2D eigenvalue weighted by Gasteiger charge is -2.20. The van der Waals surface area contributed by atoms with Gasteiger partial charge >= 0.3 is 6.18 Å². The zero-order valence-corrected chi connectivity index (χ0v) is 18.3. The smallest absolute Gasteiger partial charge is 0.416 e. The second-order valence-electron chi connectivity index (χ2n) is 7.61. The summed E-state index contributed by atoms with van der Waals surface area (Å²) in [5.74, 6) is -0.754. The third-order valence-corrected chi connectivity index (χ3v) is 5.51. The summed E-state index contributed by atoms with van der Waals surface area (Å²) in [6.45, 7) is 0.0320. The van der Waals surface area contributed by atoms with Crippen molar-refractivity contribution in [2.24, 2.45) is 5.92 Å². The highest BCUT2D eigenvalue weighted by Gasteiger charge is 2.37. The topological polar surface area (TPSA) is 85.7 Å². The van der Waals surface area contributed by atoms with Gasteiger partial charge in [-0.1, -0.05) is 0 Å². The molecule has 1 aliphatic rings. The average molecular weight is 474 g/mol. The van der Waals surface area contributed by atoms with Gasteiger partial charge in [-0.25, -0.2) is 4.68 Å². The number of nitrogens with zero attached hydrogens (tertiary/aromatic N) is 3. The number of carbonyl (C=O) groups is 2. The van der Waals surface area contributed by atoms with Crippen LogP contribution >= 0.6 is 0 Å². The zero-order chi connectivity index (χ0) is 24.5. The van der Waals surface area contributed by atoms with E-state index in [4.69, 9.17) is 9.47 Å². The highest BCUT2D eigenvalue weighted by molar-refractivity contribution is 6.04. The van der Waals surface area contributed by atoms with Gasteiger partial charge in [0.25, 0.3) is 0 Å². The predicted molar refractivity (Wildman–Crippen MR) is 117 cm³/mol. The minimum Gasteiger partial charge on any atom is -0.497 e. The Labute approximate surface area is 192 Å². The Morgan fingerprint density at radius 3 is 2.56 bits per heavy atom. The molecule has 178 valence electrons. The van der Waals surface area contributed by atoms with E-state index in [1.54, 1.807) is 30.5 Å². The first-order valence-electron chi connectivity index (χ1n) is 10.3. The number of halogens is 3. The third kappa shape index (κ3) is 4.54. The van der Waals surface area contributed by atoms with E-state index in [9.17, 15) is 22.8 Å². The first-order valence-corrected chi connectivity index (χ1v) is 10.3. The summed E-state index contributed by atoms with van der Waals surface area (Å²) in [5, 5.41) is 6.60. The Morgan fingerprint density at radius 2 is 1.91 bits per heavy atom. The first-order chi connectivity index (χ1) is 16.2. The van der Waals surface area contributed by atoms with Crippen molar-refractivity contribution in [3.63, 3.8) is 0 Å². The van der Waals surface area contributed by atoms with Crippen molar-refractivity contribution >= 4 is 23.2 Å². The molecule has 0 aliphatic carbocycles. The van der Waals surface area contributed by atoms with E-state index >= 15 is 0 Å². The number of benzene rings is 2. The number of carbonyl (C=O) groups excluding carboxylic acids is 2. The maximum atomic E-state index is 13.3. The van der Waals surface area contributed by atoms with Crippen LogP contribution in [0.5, 0.6) is 11.5 Å². The lowest BCUT2D eigenvalue weighted by atomic mass is 10.1. The van der Waals surface area contributed by atoms with E-state index in [0.717, 1.165) is 12.1 Å². The second-order valence-corrected chi connectivity index (χ2v) is 7.61. The standard InChI is InChI=1S/C23H21F3N4O4/c1-33-16-5-7-20(34-2)19(12-16)29-13-14(10-21(29)31)22(32)28-17-11-15(23(24,25)26)4-6-18(17)30-9-3-8-27-30/h3-9,11-12,14H,10,13H2,1-2H3,(H,28,32). The van der Waals surface area contributed by atoms with Crippen molar-refractivity contribution in [3.05, 3.63) is 60.4 Å². The van der Waals surface area contributed by atoms with E-state index in [0.29, 0.717) is 17.2 Å². The molecule has 0 spiro atoms. The van der Waals surface area contributed by atoms with Crippen LogP contribution < -0.4 is 19.7 Å². The predicted octanol–water partition coefficient (Wildman–Crippen LogP) is 3.90. The molecule has 0 radical (unpaired) electrons. The van der Waals surface area contributed by atoms with Crippen molar-refractivity contribution in [2.45, 2.75) is 12.6 Å². The van der Waals surface area contributed by atoms with Crippen molar-refractivity contribution < 1.29 is 32.2 Å². The number of ether oxygens (including phenoxy) is 2. The number of rotatable bonds is 6. The molecule has 1 aromatic heterocycles. The molecule has 0 saturated carbocycles. The number of hydrogen-bond acceptors (Lipinski definition) is 5. The molecule has 1 saturated heterocycles. The van der Waals surface area contributed by atoms with Gasteiger partial charge in [-0.15, -0.1) is 0 Å². The molecule has 4 rings (SSSR count). The molecule has 1 fully saturated rings. The van der Waals surface area contributed by atoms with Crippen LogP contribution in [0.4, 0.5) is 24.5 Å². The molecule has 1 N–H and O–H groups in total. The molecular formula is C23H21F3N4O4. The quantitative estimate of drug-likeness (QED) is 0.586. The van der Waals surface area contributed by atoms with E-state index in [2.05, 4.69) is 10.4 Å². The van der Waals surface area contributed by atoms with Crippen LogP contribution in [-0.4, -0.2) is 42.4 Å². The first kappa shape index (κ1) is 23.1. The Balaban J connectivity index is 1.60. The third-order valence-electron chi connectivity index (χ3n) is 5.51. The zero-order valence-electron chi connectivity index (χ0n) is 18.3. The van der Waals surface area contributed by atoms with E-state index in [1.165, 1.54) is 36.1 Å². The highest BCUT2D eigenvalue weighted by atomic mass is 19.4. The van der Waals surface area contributed by atoms with Gasteiger partial charge in [-0.05, 0) is 36.4 Å². The molecule has 1 atom stereocenters. The van der Waals surface area contributed by atoms with E-state index in [1.807, 2.05) is 0 Å². The molecule has 2 aromatic carbocycles. The number of alkyl halides is 3. The van der Waals surface area contributed by atoms with Gasteiger partial charge in [0.15, 0.2) is 0 Å². The maximum absolute atomic E-state index is 13.3. The molecule has 8 nitrogen and oxygen atoms in total. The lowest BCUT2D eigenvalue weighted by molar-refractivity contribution is -0.137. The average Bonchev–Trinajstić information content (AvgIpc) is 3.48. The fourth-order valence-corrected chi connectivity index (χ4v) is 3.78. The summed E-state index contributed by atoms with van der Waals surface area (Å²) in [6.07, 6.45) is -1.68. The van der Waals surface area contributed by atoms with Crippen LogP contribution in [0.25, 0.3) is 5.69 Å². The van der Waals surface area contributed by atoms with E-state index in [-0.39, 0.29) is 30.2 Å².